The first-order valence-electron chi connectivity index (χ1n) is 12.1. The standard InChI is InChI=1S/C27H39NO2S/c1-16(2)20-12-13-21-23-22(14-17(3)27(21,7)15-20)28-24(31-23)18-8-10-19(11-9-18)25(29)30-26(4,5)6/h13,17-20H,1,8-12,14-15H2,2-7H3/t17-,18?,19?,20-,27+/m1/s1. The summed E-state index contributed by atoms with van der Waals surface area (Å²) in [6, 6.07) is 0. The molecule has 0 N–H and O–H groups in total. The highest BCUT2D eigenvalue weighted by Gasteiger charge is 2.45. The van der Waals surface area contributed by atoms with Crippen molar-refractivity contribution in [3.8, 4) is 0 Å². The van der Waals surface area contributed by atoms with E-state index in [2.05, 4.69) is 33.4 Å². The molecule has 1 saturated carbocycles. The summed E-state index contributed by atoms with van der Waals surface area (Å²) >= 11 is 1.94. The molecule has 31 heavy (non-hydrogen) atoms. The lowest BCUT2D eigenvalue weighted by Gasteiger charge is -2.46. The lowest BCUT2D eigenvalue weighted by molar-refractivity contribution is -0.161. The van der Waals surface area contributed by atoms with Crippen molar-refractivity contribution in [1.82, 2.24) is 4.98 Å². The average molecular weight is 442 g/mol. The normalized spacial score (nSPS) is 33.2. The summed E-state index contributed by atoms with van der Waals surface area (Å²) < 4.78 is 5.63. The van der Waals surface area contributed by atoms with Crippen LogP contribution in [-0.4, -0.2) is 16.6 Å². The van der Waals surface area contributed by atoms with Gasteiger partial charge in [0.1, 0.15) is 5.60 Å². The van der Waals surface area contributed by atoms with Gasteiger partial charge < -0.3 is 4.74 Å². The van der Waals surface area contributed by atoms with E-state index in [4.69, 9.17) is 9.72 Å². The third kappa shape index (κ3) is 4.42. The molecule has 3 atom stereocenters. The minimum atomic E-state index is -0.400. The zero-order valence-corrected chi connectivity index (χ0v) is 21.0. The Morgan fingerprint density at radius 2 is 1.90 bits per heavy atom. The average Bonchev–Trinajstić information content (AvgIpc) is 3.10. The number of allylic oxidation sites excluding steroid dienone is 3. The van der Waals surface area contributed by atoms with E-state index < -0.39 is 5.60 Å². The monoisotopic (exact) mass is 441 g/mol. The Hall–Kier alpha value is -1.42. The Balaban J connectivity index is 1.50. The van der Waals surface area contributed by atoms with Crippen LogP contribution in [-0.2, 0) is 16.0 Å². The summed E-state index contributed by atoms with van der Waals surface area (Å²) in [5.41, 5.74) is 4.01. The number of fused-ring (bicyclic) bond motifs is 3. The van der Waals surface area contributed by atoms with Gasteiger partial charge in [0, 0.05) is 5.92 Å². The van der Waals surface area contributed by atoms with Gasteiger partial charge in [-0.2, -0.15) is 0 Å². The van der Waals surface area contributed by atoms with Crippen LogP contribution in [0.2, 0.25) is 0 Å². The Bertz CT molecular complexity index is 897. The summed E-state index contributed by atoms with van der Waals surface area (Å²) in [6.45, 7) is 17.1. The lowest BCUT2D eigenvalue weighted by Crippen LogP contribution is -2.36. The van der Waals surface area contributed by atoms with Crippen molar-refractivity contribution < 1.29 is 9.53 Å². The van der Waals surface area contributed by atoms with Gasteiger partial charge in [0.2, 0.25) is 0 Å². The molecule has 1 fully saturated rings. The second-order valence-electron chi connectivity index (χ2n) is 11.5. The maximum atomic E-state index is 12.5. The van der Waals surface area contributed by atoms with Crippen molar-refractivity contribution in [2.24, 2.45) is 23.2 Å². The minimum absolute atomic E-state index is 0.0200. The van der Waals surface area contributed by atoms with Crippen LogP contribution >= 0.6 is 11.3 Å². The highest BCUT2D eigenvalue weighted by molar-refractivity contribution is 7.13. The number of hydrogen-bond acceptors (Lipinski definition) is 4. The molecule has 4 heteroatoms. The summed E-state index contributed by atoms with van der Waals surface area (Å²) in [6.07, 6.45) is 9.82. The molecule has 0 unspecified atom stereocenters. The number of carbonyl (C=O) groups excluding carboxylic acids is 1. The number of carbonyl (C=O) groups is 1. The molecule has 0 saturated heterocycles. The van der Waals surface area contributed by atoms with Crippen LogP contribution in [0.15, 0.2) is 18.2 Å². The van der Waals surface area contributed by atoms with Crippen molar-refractivity contribution >= 4 is 22.9 Å². The third-order valence-corrected chi connectivity index (χ3v) is 9.24. The number of rotatable bonds is 3. The van der Waals surface area contributed by atoms with E-state index in [-0.39, 0.29) is 17.3 Å². The van der Waals surface area contributed by atoms with Gasteiger partial charge in [0.15, 0.2) is 0 Å². The van der Waals surface area contributed by atoms with E-state index in [1.807, 2.05) is 32.1 Å². The van der Waals surface area contributed by atoms with Gasteiger partial charge in [-0.1, -0.05) is 32.1 Å². The van der Waals surface area contributed by atoms with Crippen molar-refractivity contribution in [2.45, 2.75) is 98.0 Å². The molecule has 0 amide bonds. The number of hydrogen-bond donors (Lipinski definition) is 0. The molecular formula is C27H39NO2S. The molecule has 3 aliphatic rings. The van der Waals surface area contributed by atoms with Crippen LogP contribution in [0.1, 0.15) is 102 Å². The Morgan fingerprint density at radius 1 is 1.23 bits per heavy atom. The predicted octanol–water partition coefficient (Wildman–Crippen LogP) is 7.33. The van der Waals surface area contributed by atoms with E-state index in [1.54, 1.807) is 5.57 Å². The molecule has 1 aromatic rings. The highest BCUT2D eigenvalue weighted by Crippen LogP contribution is 2.57. The summed E-state index contributed by atoms with van der Waals surface area (Å²) in [5, 5.41) is 1.30. The first-order chi connectivity index (χ1) is 14.5. The zero-order valence-electron chi connectivity index (χ0n) is 20.2. The predicted molar refractivity (Wildman–Crippen MR) is 129 cm³/mol. The second-order valence-corrected chi connectivity index (χ2v) is 12.6. The van der Waals surface area contributed by atoms with Crippen LogP contribution < -0.4 is 0 Å². The van der Waals surface area contributed by atoms with Crippen LogP contribution in [0, 0.1) is 23.2 Å². The molecule has 3 aliphatic carbocycles. The summed E-state index contributed by atoms with van der Waals surface area (Å²) in [7, 11) is 0. The topological polar surface area (TPSA) is 39.2 Å². The quantitative estimate of drug-likeness (QED) is 0.364. The maximum Gasteiger partial charge on any atom is 0.309 e. The van der Waals surface area contributed by atoms with Gasteiger partial charge in [-0.3, -0.25) is 4.79 Å². The summed E-state index contributed by atoms with van der Waals surface area (Å²) in [5.74, 6) is 1.73. The van der Waals surface area contributed by atoms with Gasteiger partial charge in [0.05, 0.1) is 21.5 Å². The number of thiazole rings is 1. The number of nitrogens with zero attached hydrogens (tertiary/aromatic N) is 1. The van der Waals surface area contributed by atoms with Crippen molar-refractivity contribution in [3.63, 3.8) is 0 Å². The molecular weight excluding hydrogens is 402 g/mol. The van der Waals surface area contributed by atoms with Gasteiger partial charge in [-0.05, 0) is 95.5 Å². The zero-order chi connectivity index (χ0) is 22.6. The van der Waals surface area contributed by atoms with E-state index >= 15 is 0 Å². The molecule has 0 aromatic carbocycles. The fourth-order valence-corrected chi connectivity index (χ4v) is 7.20. The molecule has 0 spiro atoms. The molecule has 4 rings (SSSR count). The fourth-order valence-electron chi connectivity index (χ4n) is 5.76. The van der Waals surface area contributed by atoms with Gasteiger partial charge in [-0.15, -0.1) is 11.3 Å². The molecule has 1 aromatic heterocycles. The van der Waals surface area contributed by atoms with E-state index in [0.717, 1.165) is 38.5 Å². The SMILES string of the molecule is C=C(C)[C@@H]1CC=C2c3sc(C4CCC(C(=O)OC(C)(C)C)CC4)nc3C[C@@H](C)[C@]2(C)C1. The lowest BCUT2D eigenvalue weighted by atomic mass is 9.59. The van der Waals surface area contributed by atoms with Crippen molar-refractivity contribution in [2.75, 3.05) is 0 Å². The van der Waals surface area contributed by atoms with E-state index in [9.17, 15) is 4.79 Å². The molecule has 3 nitrogen and oxygen atoms in total. The van der Waals surface area contributed by atoms with Gasteiger partial charge in [-0.25, -0.2) is 4.98 Å². The van der Waals surface area contributed by atoms with Crippen LogP contribution in [0.25, 0.3) is 5.57 Å². The van der Waals surface area contributed by atoms with Gasteiger partial charge in [0.25, 0.3) is 0 Å². The van der Waals surface area contributed by atoms with Crippen LogP contribution in [0.4, 0.5) is 0 Å². The number of ether oxygens (including phenoxy) is 1. The molecule has 0 bridgehead atoms. The third-order valence-electron chi connectivity index (χ3n) is 7.95. The maximum absolute atomic E-state index is 12.5. The fraction of sp³-hybridized carbons (Fsp3) is 0.704. The van der Waals surface area contributed by atoms with Gasteiger partial charge >= 0.3 is 5.97 Å². The Kier molecular flexibility index (Phi) is 6.00. The van der Waals surface area contributed by atoms with Crippen LogP contribution in [0.3, 0.4) is 0 Å². The van der Waals surface area contributed by atoms with Crippen LogP contribution in [0.5, 0.6) is 0 Å². The van der Waals surface area contributed by atoms with Crippen molar-refractivity contribution in [3.05, 3.63) is 33.8 Å². The number of aromatic nitrogens is 1. The first-order valence-corrected chi connectivity index (χ1v) is 12.9. The van der Waals surface area contributed by atoms with Crippen molar-refractivity contribution in [1.29, 1.82) is 0 Å². The smallest absolute Gasteiger partial charge is 0.309 e. The Labute approximate surface area is 192 Å². The molecule has 1 heterocycles. The number of esters is 1. The Morgan fingerprint density at radius 3 is 2.52 bits per heavy atom. The summed E-state index contributed by atoms with van der Waals surface area (Å²) in [4.78, 5) is 19.1. The first kappa shape index (κ1) is 22.8. The molecule has 170 valence electrons. The van der Waals surface area contributed by atoms with E-state index in [0.29, 0.717) is 17.8 Å². The highest BCUT2D eigenvalue weighted by atomic mass is 32.1. The van der Waals surface area contributed by atoms with E-state index in [1.165, 1.54) is 27.6 Å². The molecule has 0 aliphatic heterocycles. The second kappa shape index (κ2) is 8.17. The molecule has 0 radical (unpaired) electrons. The largest absolute Gasteiger partial charge is 0.460 e. The minimum Gasteiger partial charge on any atom is -0.460 e.